The van der Waals surface area contributed by atoms with E-state index in [0.717, 1.165) is 23.2 Å². The molecule has 33 heavy (non-hydrogen) atoms. The van der Waals surface area contributed by atoms with Gasteiger partial charge in [-0.05, 0) is 23.8 Å². The van der Waals surface area contributed by atoms with Crippen LogP contribution in [0.25, 0.3) is 0 Å². The number of carbonyl (C=O) groups is 2. The number of amides is 2. The first-order valence-corrected chi connectivity index (χ1v) is 9.51. The number of aromatic nitrogens is 1. The molecule has 1 aromatic heterocycles. The lowest BCUT2D eigenvalue weighted by molar-refractivity contribution is -0.274. The Hall–Kier alpha value is -3.48. The van der Waals surface area contributed by atoms with Crippen LogP contribution in [0.4, 0.5) is 27.8 Å². The number of nitrogens with zero attached hydrogens (tertiary/aromatic N) is 2. The number of alkyl halides is 5. The second-order valence-electron chi connectivity index (χ2n) is 7.35. The lowest BCUT2D eigenvalue weighted by Crippen LogP contribution is -2.39. The quantitative estimate of drug-likeness (QED) is 0.596. The summed E-state index contributed by atoms with van der Waals surface area (Å²) in [5, 5.41) is 0. The third kappa shape index (κ3) is 6.51. The van der Waals surface area contributed by atoms with Crippen molar-refractivity contribution in [2.24, 2.45) is 5.73 Å². The Morgan fingerprint density at radius 2 is 1.88 bits per heavy atom. The van der Waals surface area contributed by atoms with Crippen molar-refractivity contribution in [2.75, 3.05) is 12.3 Å². The molecule has 8 nitrogen and oxygen atoms in total. The Kier molecular flexibility index (Phi) is 6.72. The molecule has 2 aromatic rings. The van der Waals surface area contributed by atoms with Crippen molar-refractivity contribution in [2.45, 2.75) is 38.0 Å². The van der Waals surface area contributed by atoms with Crippen molar-refractivity contribution in [3.8, 4) is 5.75 Å². The number of hydrogen-bond acceptors (Lipinski definition) is 6. The van der Waals surface area contributed by atoms with Crippen LogP contribution in [0, 0.1) is 0 Å². The van der Waals surface area contributed by atoms with Gasteiger partial charge in [0.2, 0.25) is 11.8 Å². The van der Waals surface area contributed by atoms with Gasteiger partial charge in [-0.15, -0.1) is 13.2 Å². The normalized spacial score (nSPS) is 17.7. The van der Waals surface area contributed by atoms with Gasteiger partial charge in [-0.2, -0.15) is 0 Å². The minimum Gasteiger partial charge on any atom is -0.406 e. The second kappa shape index (κ2) is 9.17. The molecule has 1 fully saturated rings. The number of halogens is 5. The molecule has 13 heteroatoms. The number of benzene rings is 1. The summed E-state index contributed by atoms with van der Waals surface area (Å²) in [4.78, 5) is 28.6. The highest BCUT2D eigenvalue weighted by Crippen LogP contribution is 2.34. The van der Waals surface area contributed by atoms with Crippen LogP contribution in [-0.2, 0) is 22.6 Å². The third-order valence-corrected chi connectivity index (χ3v) is 4.77. The van der Waals surface area contributed by atoms with E-state index in [1.807, 2.05) is 0 Å². The number of nitrogen functional groups attached to an aromatic ring is 1. The van der Waals surface area contributed by atoms with Crippen LogP contribution in [0.5, 0.6) is 5.75 Å². The highest BCUT2D eigenvalue weighted by Gasteiger charge is 2.47. The lowest BCUT2D eigenvalue weighted by atomic mass is 10.1. The molecule has 1 aromatic carbocycles. The number of anilines is 1. The highest BCUT2D eigenvalue weighted by atomic mass is 19.4. The molecule has 1 atom stereocenters. The maximum Gasteiger partial charge on any atom is 0.573 e. The Morgan fingerprint density at radius 3 is 2.48 bits per heavy atom. The van der Waals surface area contributed by atoms with Crippen LogP contribution in [0.15, 0.2) is 36.5 Å². The van der Waals surface area contributed by atoms with E-state index in [-0.39, 0.29) is 30.0 Å². The second-order valence-corrected chi connectivity index (χ2v) is 7.35. The van der Waals surface area contributed by atoms with Crippen LogP contribution in [-0.4, -0.2) is 46.8 Å². The molecule has 0 radical (unpaired) electrons. The summed E-state index contributed by atoms with van der Waals surface area (Å²) < 4.78 is 74.1. The largest absolute Gasteiger partial charge is 0.573 e. The minimum absolute atomic E-state index is 0.00352. The fourth-order valence-corrected chi connectivity index (χ4v) is 3.22. The number of likely N-dealkylation sites (tertiary alicyclic amines) is 1. The number of pyridine rings is 1. The number of hydrogen-bond donors (Lipinski definition) is 2. The van der Waals surface area contributed by atoms with Gasteiger partial charge in [0.05, 0.1) is 31.6 Å². The van der Waals surface area contributed by atoms with E-state index in [9.17, 15) is 31.5 Å². The first-order valence-electron chi connectivity index (χ1n) is 9.51. The van der Waals surface area contributed by atoms with Crippen LogP contribution in [0.2, 0.25) is 0 Å². The molecule has 1 aliphatic rings. The van der Waals surface area contributed by atoms with Gasteiger partial charge in [0.15, 0.2) is 0 Å². The zero-order valence-electron chi connectivity index (χ0n) is 16.9. The van der Waals surface area contributed by atoms with Crippen LogP contribution >= 0.6 is 0 Å². The van der Waals surface area contributed by atoms with Crippen molar-refractivity contribution >= 4 is 17.6 Å². The number of primary amides is 1. The fourth-order valence-electron chi connectivity index (χ4n) is 3.22. The maximum atomic E-state index is 14.0. The van der Waals surface area contributed by atoms with E-state index in [1.165, 1.54) is 18.2 Å². The molecule has 2 heterocycles. The van der Waals surface area contributed by atoms with Gasteiger partial charge >= 0.3 is 6.36 Å². The van der Waals surface area contributed by atoms with Gasteiger partial charge in [-0.25, -0.2) is 13.8 Å². The Labute approximate surface area is 184 Å². The summed E-state index contributed by atoms with van der Waals surface area (Å²) in [6.07, 6.45) is -6.11. The monoisotopic (exact) mass is 474 g/mol. The Balaban J connectivity index is 1.67. The zero-order valence-corrected chi connectivity index (χ0v) is 16.9. The van der Waals surface area contributed by atoms with Crippen LogP contribution < -0.4 is 16.2 Å². The third-order valence-electron chi connectivity index (χ3n) is 4.77. The van der Waals surface area contributed by atoms with E-state index < -0.39 is 49.0 Å². The topological polar surface area (TPSA) is 121 Å². The number of nitrogens with two attached hydrogens (primary N) is 2. The molecule has 1 aliphatic heterocycles. The van der Waals surface area contributed by atoms with Crippen LogP contribution in [0.1, 0.15) is 27.9 Å². The number of rotatable bonds is 7. The average Bonchev–Trinajstić information content (AvgIpc) is 3.02. The first-order chi connectivity index (χ1) is 15.3. The molecule has 0 bridgehead atoms. The summed E-state index contributed by atoms with van der Waals surface area (Å²) >= 11 is 0. The predicted molar refractivity (Wildman–Crippen MR) is 104 cm³/mol. The van der Waals surface area contributed by atoms with Crippen LogP contribution in [0.3, 0.4) is 0 Å². The van der Waals surface area contributed by atoms with Gasteiger partial charge < -0.3 is 25.8 Å². The predicted octanol–water partition coefficient (Wildman–Crippen LogP) is 2.61. The summed E-state index contributed by atoms with van der Waals surface area (Å²) in [5.74, 6) is -5.15. The van der Waals surface area contributed by atoms with E-state index in [0.29, 0.717) is 5.56 Å². The van der Waals surface area contributed by atoms with Crippen molar-refractivity contribution in [3.63, 3.8) is 0 Å². The molecule has 4 N–H and O–H groups in total. The standard InChI is InChI=1S/C20H19F5N4O4/c21-19(22)7-16(32-9-13-6-12(18(27)31)8-28-17(13)26)29(10-19)15(30)5-11-1-3-14(4-2-11)33-20(23,24)25/h1-4,6,8,16H,5,7,9-10H2,(H2,26,28)(H2,27,31)/t16-/m1/s1. The van der Waals surface area contributed by atoms with E-state index in [4.69, 9.17) is 16.2 Å². The van der Waals surface area contributed by atoms with E-state index in [2.05, 4.69) is 9.72 Å². The maximum absolute atomic E-state index is 14.0. The average molecular weight is 474 g/mol. The van der Waals surface area contributed by atoms with Gasteiger partial charge in [-0.1, -0.05) is 12.1 Å². The first kappa shape index (κ1) is 24.2. The molecule has 0 spiro atoms. The molecule has 3 rings (SSSR count). The number of carbonyl (C=O) groups excluding carboxylic acids is 2. The summed E-state index contributed by atoms with van der Waals surface area (Å²) in [6, 6.07) is 5.80. The summed E-state index contributed by atoms with van der Waals surface area (Å²) in [6.45, 7) is -1.20. The van der Waals surface area contributed by atoms with Gasteiger partial charge in [0.1, 0.15) is 17.8 Å². The summed E-state index contributed by atoms with van der Waals surface area (Å²) in [7, 11) is 0. The van der Waals surface area contributed by atoms with Crippen molar-refractivity contribution in [3.05, 3.63) is 53.2 Å². The van der Waals surface area contributed by atoms with E-state index >= 15 is 0 Å². The van der Waals surface area contributed by atoms with Crippen molar-refractivity contribution in [1.82, 2.24) is 9.88 Å². The molecule has 1 saturated heterocycles. The van der Waals surface area contributed by atoms with Gasteiger partial charge in [0, 0.05) is 11.8 Å². The minimum atomic E-state index is -4.86. The fraction of sp³-hybridized carbons (Fsp3) is 0.350. The lowest BCUT2D eigenvalue weighted by Gasteiger charge is -2.24. The van der Waals surface area contributed by atoms with Gasteiger partial charge in [-0.3, -0.25) is 9.59 Å². The smallest absolute Gasteiger partial charge is 0.406 e. The molecule has 178 valence electrons. The molecule has 0 saturated carbocycles. The van der Waals surface area contributed by atoms with Crippen molar-refractivity contribution in [1.29, 1.82) is 0 Å². The Bertz CT molecular complexity index is 1030. The number of ether oxygens (including phenoxy) is 2. The molecular formula is C20H19F5N4O4. The molecular weight excluding hydrogens is 455 g/mol. The van der Waals surface area contributed by atoms with E-state index in [1.54, 1.807) is 0 Å². The molecule has 0 unspecified atom stereocenters. The SMILES string of the molecule is NC(=O)c1cnc(N)c(CO[C@@H]2CC(F)(F)CN2C(=O)Cc2ccc(OC(F)(F)F)cc2)c1. The van der Waals surface area contributed by atoms with Gasteiger partial charge in [0.25, 0.3) is 5.92 Å². The Morgan fingerprint density at radius 1 is 1.21 bits per heavy atom. The molecule has 0 aliphatic carbocycles. The molecule has 2 amide bonds. The highest BCUT2D eigenvalue weighted by molar-refractivity contribution is 5.92. The zero-order chi connectivity index (χ0) is 24.4. The summed E-state index contributed by atoms with van der Waals surface area (Å²) in [5.41, 5.74) is 11.5. The van der Waals surface area contributed by atoms with Crippen molar-refractivity contribution < 1.29 is 41.0 Å².